The van der Waals surface area contributed by atoms with Gasteiger partial charge in [-0.2, -0.15) is 4.80 Å². The van der Waals surface area contributed by atoms with Crippen LogP contribution in [0.3, 0.4) is 0 Å². The van der Waals surface area contributed by atoms with Crippen molar-refractivity contribution in [3.63, 3.8) is 0 Å². The van der Waals surface area contributed by atoms with E-state index in [9.17, 15) is 8.78 Å². The molecule has 0 aliphatic carbocycles. The van der Waals surface area contributed by atoms with Crippen molar-refractivity contribution in [1.29, 1.82) is 0 Å². The molecule has 0 aliphatic heterocycles. The average molecular weight is 315 g/mol. The van der Waals surface area contributed by atoms with Crippen LogP contribution in [0.4, 0.5) is 8.78 Å². The highest BCUT2D eigenvalue weighted by atomic mass is 19.1. The minimum absolute atomic E-state index is 0.150. The molecule has 1 aromatic heterocycles. The van der Waals surface area contributed by atoms with E-state index in [0.29, 0.717) is 16.7 Å². The van der Waals surface area contributed by atoms with Crippen LogP contribution < -0.4 is 5.73 Å². The van der Waals surface area contributed by atoms with Gasteiger partial charge in [-0.15, -0.1) is 10.2 Å². The molecule has 0 amide bonds. The summed E-state index contributed by atoms with van der Waals surface area (Å²) in [4.78, 5) is 1.24. The molecule has 2 aromatic carbocycles. The zero-order chi connectivity index (χ0) is 16.6. The third-order valence-electron chi connectivity index (χ3n) is 3.55. The number of hydrogen-bond acceptors (Lipinski definition) is 4. The molecule has 0 radical (unpaired) electrons. The maximum absolute atomic E-state index is 14.3. The van der Waals surface area contributed by atoms with Crippen LogP contribution in [0.25, 0.3) is 22.5 Å². The predicted molar refractivity (Wildman–Crippen MR) is 82.2 cm³/mol. The highest BCUT2D eigenvalue weighted by Gasteiger charge is 2.18. The molecule has 0 bridgehead atoms. The van der Waals surface area contributed by atoms with E-state index in [1.807, 2.05) is 0 Å². The van der Waals surface area contributed by atoms with Crippen molar-refractivity contribution in [3.8, 4) is 22.5 Å². The number of halogens is 2. The van der Waals surface area contributed by atoms with E-state index < -0.39 is 17.7 Å². The Kier molecular flexibility index (Phi) is 3.87. The fourth-order valence-electron chi connectivity index (χ4n) is 2.44. The Morgan fingerprint density at radius 2 is 1.91 bits per heavy atom. The topological polar surface area (TPSA) is 69.6 Å². The lowest BCUT2D eigenvalue weighted by Gasteiger charge is -2.11. The van der Waals surface area contributed by atoms with Crippen LogP contribution in [0, 0.1) is 11.6 Å². The minimum atomic E-state index is -0.493. The summed E-state index contributed by atoms with van der Waals surface area (Å²) < 4.78 is 28.5. The van der Waals surface area contributed by atoms with Crippen molar-refractivity contribution >= 4 is 0 Å². The maximum Gasteiger partial charge on any atom is 0.208 e. The summed E-state index contributed by atoms with van der Waals surface area (Å²) in [6, 6.07) is 8.79. The first kappa shape index (κ1) is 15.2. The Morgan fingerprint density at radius 3 is 2.52 bits per heavy atom. The number of rotatable bonds is 3. The molecule has 0 saturated heterocycles. The fourth-order valence-corrected chi connectivity index (χ4v) is 2.44. The molecular weight excluding hydrogens is 300 g/mol. The van der Waals surface area contributed by atoms with Crippen LogP contribution >= 0.6 is 0 Å². The first-order valence-corrected chi connectivity index (χ1v) is 7.05. The molecule has 1 atom stereocenters. The lowest BCUT2D eigenvalue weighted by atomic mass is 9.96. The Labute approximate surface area is 131 Å². The number of nitrogens with two attached hydrogens (primary N) is 1. The van der Waals surface area contributed by atoms with Crippen LogP contribution in [0.15, 0.2) is 36.4 Å². The van der Waals surface area contributed by atoms with Gasteiger partial charge in [-0.25, -0.2) is 8.78 Å². The maximum atomic E-state index is 14.3. The van der Waals surface area contributed by atoms with E-state index in [1.54, 1.807) is 38.2 Å². The number of tetrazole rings is 1. The van der Waals surface area contributed by atoms with Crippen molar-refractivity contribution in [2.75, 3.05) is 0 Å². The SMILES string of the molecule is C[C@@H](N)c1ccc(-c2cccc(F)c2-c2nnn(C)n2)cc1F. The van der Waals surface area contributed by atoms with E-state index in [0.717, 1.165) is 0 Å². The average Bonchev–Trinajstić information content (AvgIpc) is 2.92. The third kappa shape index (κ3) is 2.83. The Bertz CT molecular complexity index is 857. The number of aryl methyl sites for hydroxylation is 1. The molecule has 7 heteroatoms. The Balaban J connectivity index is 2.18. The first-order chi connectivity index (χ1) is 11.0. The first-order valence-electron chi connectivity index (χ1n) is 7.05. The zero-order valence-electron chi connectivity index (χ0n) is 12.7. The lowest BCUT2D eigenvalue weighted by molar-refractivity contribution is 0.594. The van der Waals surface area contributed by atoms with Gasteiger partial charge in [-0.05, 0) is 35.4 Å². The number of benzene rings is 2. The summed E-state index contributed by atoms with van der Waals surface area (Å²) in [5.74, 6) is -0.774. The van der Waals surface area contributed by atoms with Gasteiger partial charge in [-0.3, -0.25) is 0 Å². The molecular formula is C16H15F2N5. The summed E-state index contributed by atoms with van der Waals surface area (Å²) in [6.07, 6.45) is 0. The fraction of sp³-hybridized carbons (Fsp3) is 0.188. The van der Waals surface area contributed by atoms with E-state index in [1.165, 1.54) is 16.9 Å². The van der Waals surface area contributed by atoms with Crippen molar-refractivity contribution in [2.45, 2.75) is 13.0 Å². The quantitative estimate of drug-likeness (QED) is 0.807. The van der Waals surface area contributed by atoms with Gasteiger partial charge >= 0.3 is 0 Å². The second-order valence-electron chi connectivity index (χ2n) is 5.29. The Morgan fingerprint density at radius 1 is 1.13 bits per heavy atom. The van der Waals surface area contributed by atoms with Crippen LogP contribution in [-0.4, -0.2) is 20.2 Å². The molecule has 118 valence electrons. The van der Waals surface area contributed by atoms with Crippen molar-refractivity contribution in [3.05, 3.63) is 53.6 Å². The molecule has 3 rings (SSSR count). The number of nitrogens with zero attached hydrogens (tertiary/aromatic N) is 4. The van der Waals surface area contributed by atoms with Gasteiger partial charge in [-0.1, -0.05) is 24.3 Å². The van der Waals surface area contributed by atoms with E-state index in [-0.39, 0.29) is 11.4 Å². The van der Waals surface area contributed by atoms with Crippen LogP contribution in [0.2, 0.25) is 0 Å². The highest BCUT2D eigenvalue weighted by molar-refractivity contribution is 5.80. The van der Waals surface area contributed by atoms with Gasteiger partial charge in [0, 0.05) is 11.6 Å². The van der Waals surface area contributed by atoms with E-state index in [4.69, 9.17) is 5.73 Å². The second-order valence-corrected chi connectivity index (χ2v) is 5.29. The van der Waals surface area contributed by atoms with Gasteiger partial charge in [0.15, 0.2) is 0 Å². The molecule has 23 heavy (non-hydrogen) atoms. The van der Waals surface area contributed by atoms with Crippen molar-refractivity contribution in [1.82, 2.24) is 20.2 Å². The second kappa shape index (κ2) is 5.85. The van der Waals surface area contributed by atoms with Gasteiger partial charge in [0.1, 0.15) is 11.6 Å². The number of hydrogen-bond donors (Lipinski definition) is 1. The molecule has 5 nitrogen and oxygen atoms in total. The standard InChI is InChI=1S/C16H15F2N5/c1-9(19)11-7-6-10(8-14(11)18)12-4-3-5-13(17)15(12)16-20-22-23(2)21-16/h3-9H,19H2,1-2H3/t9-/m1/s1. The van der Waals surface area contributed by atoms with Crippen molar-refractivity contribution in [2.24, 2.45) is 12.8 Å². The normalized spacial score (nSPS) is 12.4. The van der Waals surface area contributed by atoms with Crippen molar-refractivity contribution < 1.29 is 8.78 Å². The lowest BCUT2D eigenvalue weighted by Crippen LogP contribution is -2.07. The molecule has 0 saturated carbocycles. The largest absolute Gasteiger partial charge is 0.324 e. The minimum Gasteiger partial charge on any atom is -0.324 e. The van der Waals surface area contributed by atoms with Gasteiger partial charge < -0.3 is 5.73 Å². The summed E-state index contributed by atoms with van der Waals surface area (Å²) >= 11 is 0. The summed E-state index contributed by atoms with van der Waals surface area (Å²) in [5, 5.41) is 11.6. The molecule has 0 fully saturated rings. The van der Waals surface area contributed by atoms with Gasteiger partial charge in [0.25, 0.3) is 0 Å². The Hall–Kier alpha value is -2.67. The van der Waals surface area contributed by atoms with E-state index in [2.05, 4.69) is 15.4 Å². The number of aromatic nitrogens is 4. The highest BCUT2D eigenvalue weighted by Crippen LogP contribution is 2.33. The summed E-state index contributed by atoms with van der Waals surface area (Å²) in [7, 11) is 1.59. The molecule has 0 aliphatic rings. The predicted octanol–water partition coefficient (Wildman–Crippen LogP) is 2.84. The molecule has 3 aromatic rings. The summed E-state index contributed by atoms with van der Waals surface area (Å²) in [6.45, 7) is 1.70. The molecule has 0 unspecified atom stereocenters. The van der Waals surface area contributed by atoms with Gasteiger partial charge in [0.05, 0.1) is 12.6 Å². The monoisotopic (exact) mass is 315 g/mol. The summed E-state index contributed by atoms with van der Waals surface area (Å²) in [5.41, 5.74) is 7.33. The molecule has 1 heterocycles. The van der Waals surface area contributed by atoms with Gasteiger partial charge in [0.2, 0.25) is 5.82 Å². The van der Waals surface area contributed by atoms with Crippen LogP contribution in [-0.2, 0) is 7.05 Å². The molecule has 0 spiro atoms. The van der Waals surface area contributed by atoms with Crippen LogP contribution in [0.5, 0.6) is 0 Å². The smallest absolute Gasteiger partial charge is 0.208 e. The zero-order valence-corrected chi connectivity index (χ0v) is 12.7. The molecule has 2 N–H and O–H groups in total. The third-order valence-corrected chi connectivity index (χ3v) is 3.55. The van der Waals surface area contributed by atoms with E-state index >= 15 is 0 Å². The van der Waals surface area contributed by atoms with Crippen LogP contribution in [0.1, 0.15) is 18.5 Å².